The fourth-order valence-corrected chi connectivity index (χ4v) is 3.27. The zero-order valence-electron chi connectivity index (χ0n) is 11.6. The van der Waals surface area contributed by atoms with Crippen LogP contribution in [0.5, 0.6) is 0 Å². The van der Waals surface area contributed by atoms with Crippen molar-refractivity contribution in [1.29, 1.82) is 0 Å². The van der Waals surface area contributed by atoms with Crippen LogP contribution in [0.15, 0.2) is 18.2 Å². The highest BCUT2D eigenvalue weighted by Gasteiger charge is 2.23. The van der Waals surface area contributed by atoms with E-state index in [-0.39, 0.29) is 17.3 Å². The van der Waals surface area contributed by atoms with Crippen molar-refractivity contribution in [2.24, 2.45) is 0 Å². The average Bonchev–Trinajstić information content (AvgIpc) is 2.49. The number of hydrogen-bond donors (Lipinski definition) is 2. The van der Waals surface area contributed by atoms with Gasteiger partial charge in [-0.1, -0.05) is 6.92 Å². The molecule has 1 atom stereocenters. The second kappa shape index (κ2) is 6.80. The van der Waals surface area contributed by atoms with Crippen molar-refractivity contribution in [2.75, 3.05) is 24.2 Å². The van der Waals surface area contributed by atoms with E-state index < -0.39 is 11.8 Å². The fraction of sp³-hybridized carbons (Fsp3) is 0.429. The number of carbonyl (C=O) groups is 2. The minimum atomic E-state index is -1.20. The summed E-state index contributed by atoms with van der Waals surface area (Å²) < 4.78 is 13.8. The third-order valence-corrected chi connectivity index (χ3v) is 4.71. The first kappa shape index (κ1) is 15.6. The Morgan fingerprint density at radius 1 is 1.52 bits per heavy atom. The summed E-state index contributed by atoms with van der Waals surface area (Å²) in [5.74, 6) is -1.08. The van der Waals surface area contributed by atoms with Crippen molar-refractivity contribution in [3.05, 3.63) is 29.6 Å². The molecule has 21 heavy (non-hydrogen) atoms. The van der Waals surface area contributed by atoms with Gasteiger partial charge in [0.1, 0.15) is 5.82 Å². The Balaban J connectivity index is 2.04. The summed E-state index contributed by atoms with van der Waals surface area (Å²) >= 11 is 1.84. The Bertz CT molecular complexity index is 553. The summed E-state index contributed by atoms with van der Waals surface area (Å²) in [6.07, 6.45) is 0.982. The highest BCUT2D eigenvalue weighted by Crippen LogP contribution is 2.22. The number of carboxylic acids is 1. The largest absolute Gasteiger partial charge is 0.478 e. The maximum Gasteiger partial charge on any atom is 0.335 e. The number of carbonyl (C=O) groups excluding carboxylic acids is 1. The van der Waals surface area contributed by atoms with Gasteiger partial charge >= 0.3 is 12.0 Å². The van der Waals surface area contributed by atoms with Gasteiger partial charge in [-0.25, -0.2) is 14.0 Å². The van der Waals surface area contributed by atoms with E-state index in [0.29, 0.717) is 18.3 Å². The Labute approximate surface area is 126 Å². The van der Waals surface area contributed by atoms with E-state index in [1.807, 2.05) is 11.8 Å². The van der Waals surface area contributed by atoms with Crippen LogP contribution >= 0.6 is 11.8 Å². The van der Waals surface area contributed by atoms with Gasteiger partial charge in [0, 0.05) is 24.1 Å². The molecule has 0 saturated carbocycles. The van der Waals surface area contributed by atoms with E-state index in [0.717, 1.165) is 18.2 Å². The summed E-state index contributed by atoms with van der Waals surface area (Å²) in [6, 6.07) is 3.09. The van der Waals surface area contributed by atoms with Crippen LogP contribution in [-0.2, 0) is 0 Å². The van der Waals surface area contributed by atoms with Crippen LogP contribution in [0.1, 0.15) is 23.7 Å². The topological polar surface area (TPSA) is 69.6 Å². The first-order valence-electron chi connectivity index (χ1n) is 6.71. The number of hydrogen-bond acceptors (Lipinski definition) is 3. The van der Waals surface area contributed by atoms with E-state index in [4.69, 9.17) is 5.11 Å². The normalized spacial score (nSPS) is 18.4. The Morgan fingerprint density at radius 2 is 2.29 bits per heavy atom. The molecule has 5 nitrogen and oxygen atoms in total. The molecule has 1 fully saturated rings. The Morgan fingerprint density at radius 3 is 2.90 bits per heavy atom. The lowest BCUT2D eigenvalue weighted by Gasteiger charge is -2.31. The number of aromatic carboxylic acids is 1. The number of benzene rings is 1. The average molecular weight is 312 g/mol. The van der Waals surface area contributed by atoms with E-state index in [9.17, 15) is 14.0 Å². The van der Waals surface area contributed by atoms with Crippen molar-refractivity contribution in [2.45, 2.75) is 18.6 Å². The summed E-state index contributed by atoms with van der Waals surface area (Å²) in [4.78, 5) is 24.5. The number of carboxylic acid groups (broad SMARTS) is 1. The third kappa shape index (κ3) is 3.87. The van der Waals surface area contributed by atoms with Gasteiger partial charge in [-0.3, -0.25) is 0 Å². The molecule has 1 aliphatic rings. The van der Waals surface area contributed by atoms with Crippen LogP contribution in [0.3, 0.4) is 0 Å². The van der Waals surface area contributed by atoms with Gasteiger partial charge in [-0.15, -0.1) is 0 Å². The van der Waals surface area contributed by atoms with Crippen molar-refractivity contribution in [3.8, 4) is 0 Å². The van der Waals surface area contributed by atoms with Crippen molar-refractivity contribution < 1.29 is 19.1 Å². The van der Waals surface area contributed by atoms with Gasteiger partial charge in [0.15, 0.2) is 0 Å². The molecule has 0 aromatic heterocycles. The molecule has 1 aromatic carbocycles. The minimum absolute atomic E-state index is 0.00345. The summed E-state index contributed by atoms with van der Waals surface area (Å²) in [6.45, 7) is 3.34. The highest BCUT2D eigenvalue weighted by atomic mass is 32.2. The molecule has 7 heteroatoms. The van der Waals surface area contributed by atoms with Crippen LogP contribution in [0.4, 0.5) is 14.9 Å². The Hall–Kier alpha value is -1.76. The number of nitrogens with zero attached hydrogens (tertiary/aromatic N) is 1. The van der Waals surface area contributed by atoms with Gasteiger partial charge in [0.25, 0.3) is 0 Å². The first-order valence-corrected chi connectivity index (χ1v) is 7.76. The monoisotopic (exact) mass is 312 g/mol. The van der Waals surface area contributed by atoms with Gasteiger partial charge in [0.05, 0.1) is 11.3 Å². The number of amides is 2. The van der Waals surface area contributed by atoms with Crippen molar-refractivity contribution in [1.82, 2.24) is 4.90 Å². The number of nitrogens with one attached hydrogen (secondary N) is 1. The molecule has 2 N–H and O–H groups in total. The second-order valence-electron chi connectivity index (χ2n) is 4.78. The smallest absolute Gasteiger partial charge is 0.335 e. The van der Waals surface area contributed by atoms with Crippen LogP contribution < -0.4 is 5.32 Å². The summed E-state index contributed by atoms with van der Waals surface area (Å²) in [5, 5.41) is 11.7. The molecular weight excluding hydrogens is 295 g/mol. The lowest BCUT2D eigenvalue weighted by atomic mass is 10.2. The SMILES string of the molecule is CCC1CN(C(=O)Nc2ccc(C(=O)O)cc2F)CCS1. The molecule has 1 saturated heterocycles. The highest BCUT2D eigenvalue weighted by molar-refractivity contribution is 8.00. The fourth-order valence-electron chi connectivity index (χ4n) is 2.09. The zero-order chi connectivity index (χ0) is 15.4. The third-order valence-electron chi connectivity index (χ3n) is 3.34. The van der Waals surface area contributed by atoms with Gasteiger partial charge < -0.3 is 15.3 Å². The molecule has 114 valence electrons. The van der Waals surface area contributed by atoms with Crippen LogP contribution in [-0.4, -0.2) is 46.1 Å². The summed E-state index contributed by atoms with van der Waals surface area (Å²) in [7, 11) is 0. The standard InChI is InChI=1S/C14H17FN2O3S/c1-2-10-8-17(5-6-21-10)14(20)16-12-4-3-9(13(18)19)7-11(12)15/h3-4,7,10H,2,5-6,8H2,1H3,(H,16,20)(H,18,19). The molecule has 0 aliphatic carbocycles. The molecule has 0 spiro atoms. The van der Waals surface area contributed by atoms with E-state index >= 15 is 0 Å². The predicted octanol–water partition coefficient (Wildman–Crippen LogP) is 2.88. The molecular formula is C14H17FN2O3S. The first-order chi connectivity index (χ1) is 10.0. The molecule has 1 aliphatic heterocycles. The lowest BCUT2D eigenvalue weighted by Crippen LogP contribution is -2.44. The minimum Gasteiger partial charge on any atom is -0.478 e. The van der Waals surface area contributed by atoms with E-state index in [1.165, 1.54) is 12.1 Å². The number of anilines is 1. The quantitative estimate of drug-likeness (QED) is 0.900. The van der Waals surface area contributed by atoms with Gasteiger partial charge in [-0.05, 0) is 24.6 Å². The molecule has 1 heterocycles. The van der Waals surface area contributed by atoms with Crippen LogP contribution in [0.2, 0.25) is 0 Å². The Kier molecular flexibility index (Phi) is 5.06. The lowest BCUT2D eigenvalue weighted by molar-refractivity contribution is 0.0696. The van der Waals surface area contributed by atoms with Crippen LogP contribution in [0.25, 0.3) is 0 Å². The number of urea groups is 1. The molecule has 0 radical (unpaired) electrons. The number of rotatable bonds is 3. The second-order valence-corrected chi connectivity index (χ2v) is 6.19. The van der Waals surface area contributed by atoms with Crippen LogP contribution in [0, 0.1) is 5.82 Å². The molecule has 0 bridgehead atoms. The maximum absolute atomic E-state index is 13.8. The zero-order valence-corrected chi connectivity index (χ0v) is 12.5. The predicted molar refractivity (Wildman–Crippen MR) is 80.5 cm³/mol. The molecule has 1 aromatic rings. The van der Waals surface area contributed by atoms with Gasteiger partial charge in [0.2, 0.25) is 0 Å². The molecule has 1 unspecified atom stereocenters. The number of thioether (sulfide) groups is 1. The van der Waals surface area contributed by atoms with Crippen molar-refractivity contribution in [3.63, 3.8) is 0 Å². The maximum atomic E-state index is 13.8. The van der Waals surface area contributed by atoms with Crippen molar-refractivity contribution >= 4 is 29.4 Å². The number of halogens is 1. The van der Waals surface area contributed by atoms with E-state index in [2.05, 4.69) is 12.2 Å². The molecule has 2 rings (SSSR count). The van der Waals surface area contributed by atoms with E-state index in [1.54, 1.807) is 4.90 Å². The summed E-state index contributed by atoms with van der Waals surface area (Å²) in [5.41, 5.74) is -0.151. The van der Waals surface area contributed by atoms with Gasteiger partial charge in [-0.2, -0.15) is 11.8 Å². The molecule has 2 amide bonds.